The summed E-state index contributed by atoms with van der Waals surface area (Å²) >= 11 is 0. The zero-order chi connectivity index (χ0) is 14.3. The van der Waals surface area contributed by atoms with Crippen LogP contribution < -0.4 is 5.32 Å². The lowest BCUT2D eigenvalue weighted by Gasteiger charge is -2.26. The summed E-state index contributed by atoms with van der Waals surface area (Å²) in [5, 5.41) is 3.32. The van der Waals surface area contributed by atoms with Crippen LogP contribution in [0.25, 0.3) is 0 Å². The Morgan fingerprint density at radius 2 is 1.95 bits per heavy atom. The third-order valence-electron chi connectivity index (χ3n) is 3.97. The van der Waals surface area contributed by atoms with Crippen LogP contribution in [0.5, 0.6) is 0 Å². The molecule has 0 bridgehead atoms. The van der Waals surface area contributed by atoms with Crippen molar-refractivity contribution in [1.29, 1.82) is 0 Å². The quantitative estimate of drug-likeness (QED) is 0.774. The molecule has 0 fully saturated rings. The lowest BCUT2D eigenvalue weighted by atomic mass is 9.89. The zero-order valence-corrected chi connectivity index (χ0v) is 13.1. The van der Waals surface area contributed by atoms with E-state index < -0.39 is 0 Å². The van der Waals surface area contributed by atoms with Crippen molar-refractivity contribution < 1.29 is 4.74 Å². The van der Waals surface area contributed by atoms with Crippen molar-refractivity contribution in [3.8, 4) is 0 Å². The van der Waals surface area contributed by atoms with E-state index in [0.717, 1.165) is 19.4 Å². The zero-order valence-electron chi connectivity index (χ0n) is 13.1. The van der Waals surface area contributed by atoms with E-state index in [9.17, 15) is 0 Å². The van der Waals surface area contributed by atoms with Gasteiger partial charge in [0.1, 0.15) is 0 Å². The standard InChI is InChI=1S/C17H29NO/c1-14-8-6-7-9-16(14)12-15(13-18-4)10-11-17(2,3)19-5/h6-9,15,18H,10-13H2,1-5H3. The van der Waals surface area contributed by atoms with Gasteiger partial charge >= 0.3 is 0 Å². The molecule has 0 aliphatic rings. The summed E-state index contributed by atoms with van der Waals surface area (Å²) in [4.78, 5) is 0. The summed E-state index contributed by atoms with van der Waals surface area (Å²) in [7, 11) is 3.83. The van der Waals surface area contributed by atoms with Crippen molar-refractivity contribution in [1.82, 2.24) is 5.32 Å². The predicted molar refractivity (Wildman–Crippen MR) is 82.6 cm³/mol. The fourth-order valence-electron chi connectivity index (χ4n) is 2.37. The molecular formula is C17H29NO. The first kappa shape index (κ1) is 16.2. The maximum atomic E-state index is 5.52. The van der Waals surface area contributed by atoms with Gasteiger partial charge in [0.2, 0.25) is 0 Å². The molecule has 0 spiro atoms. The molecular weight excluding hydrogens is 234 g/mol. The van der Waals surface area contributed by atoms with Gasteiger partial charge in [-0.05, 0) is 70.7 Å². The van der Waals surface area contributed by atoms with E-state index >= 15 is 0 Å². The third kappa shape index (κ3) is 5.75. The van der Waals surface area contributed by atoms with Crippen molar-refractivity contribution >= 4 is 0 Å². The van der Waals surface area contributed by atoms with Crippen LogP contribution in [0.4, 0.5) is 0 Å². The third-order valence-corrected chi connectivity index (χ3v) is 3.97. The van der Waals surface area contributed by atoms with Gasteiger partial charge in [0, 0.05) is 7.11 Å². The largest absolute Gasteiger partial charge is 0.379 e. The second-order valence-corrected chi connectivity index (χ2v) is 6.06. The first-order valence-electron chi connectivity index (χ1n) is 7.23. The molecule has 1 aromatic carbocycles. The highest BCUT2D eigenvalue weighted by molar-refractivity contribution is 5.25. The lowest BCUT2D eigenvalue weighted by Crippen LogP contribution is -2.27. The van der Waals surface area contributed by atoms with Crippen LogP contribution in [0.3, 0.4) is 0 Å². The minimum atomic E-state index is -0.0161. The minimum Gasteiger partial charge on any atom is -0.379 e. The molecule has 0 heterocycles. The fourth-order valence-corrected chi connectivity index (χ4v) is 2.37. The highest BCUT2D eigenvalue weighted by Crippen LogP contribution is 2.22. The van der Waals surface area contributed by atoms with Crippen molar-refractivity contribution in [2.75, 3.05) is 20.7 Å². The van der Waals surface area contributed by atoms with Gasteiger partial charge in [-0.15, -0.1) is 0 Å². The summed E-state index contributed by atoms with van der Waals surface area (Å²) in [6.07, 6.45) is 3.44. The maximum Gasteiger partial charge on any atom is 0.0622 e. The number of ether oxygens (including phenoxy) is 1. The number of methoxy groups -OCH3 is 1. The fraction of sp³-hybridized carbons (Fsp3) is 0.647. The Morgan fingerprint density at radius 1 is 1.26 bits per heavy atom. The van der Waals surface area contributed by atoms with Crippen molar-refractivity contribution in [3.63, 3.8) is 0 Å². The Hall–Kier alpha value is -0.860. The molecule has 0 saturated heterocycles. The summed E-state index contributed by atoms with van der Waals surface area (Å²) in [6, 6.07) is 8.70. The van der Waals surface area contributed by atoms with Crippen LogP contribution in [0.15, 0.2) is 24.3 Å². The van der Waals surface area contributed by atoms with Crippen molar-refractivity contribution in [3.05, 3.63) is 35.4 Å². The number of aryl methyl sites for hydroxylation is 1. The second kappa shape index (κ2) is 7.66. The molecule has 0 radical (unpaired) electrons. The van der Waals surface area contributed by atoms with E-state index in [-0.39, 0.29) is 5.60 Å². The molecule has 108 valence electrons. The van der Waals surface area contributed by atoms with Crippen LogP contribution in [-0.2, 0) is 11.2 Å². The van der Waals surface area contributed by atoms with Gasteiger partial charge in [0.05, 0.1) is 5.60 Å². The van der Waals surface area contributed by atoms with Crippen LogP contribution >= 0.6 is 0 Å². The number of rotatable bonds is 8. The average molecular weight is 263 g/mol. The summed E-state index contributed by atoms with van der Waals surface area (Å²) < 4.78 is 5.52. The first-order valence-corrected chi connectivity index (χ1v) is 7.23. The molecule has 0 amide bonds. The van der Waals surface area contributed by atoms with E-state index in [0.29, 0.717) is 5.92 Å². The molecule has 0 aliphatic heterocycles. The van der Waals surface area contributed by atoms with Gasteiger partial charge in [-0.1, -0.05) is 24.3 Å². The molecule has 1 unspecified atom stereocenters. The number of hydrogen-bond donors (Lipinski definition) is 1. The molecule has 1 aromatic rings. The van der Waals surface area contributed by atoms with Gasteiger partial charge in [-0.3, -0.25) is 0 Å². The molecule has 1 rings (SSSR count). The summed E-state index contributed by atoms with van der Waals surface area (Å²) in [5.41, 5.74) is 2.85. The second-order valence-electron chi connectivity index (χ2n) is 6.06. The lowest BCUT2D eigenvalue weighted by molar-refractivity contribution is 0.0104. The Balaban J connectivity index is 2.60. The van der Waals surface area contributed by atoms with Crippen LogP contribution in [0, 0.1) is 12.8 Å². The molecule has 1 N–H and O–H groups in total. The highest BCUT2D eigenvalue weighted by Gasteiger charge is 2.19. The predicted octanol–water partition coefficient (Wildman–Crippen LogP) is 3.58. The first-order chi connectivity index (χ1) is 8.98. The smallest absolute Gasteiger partial charge is 0.0622 e. The van der Waals surface area contributed by atoms with Gasteiger partial charge in [0.25, 0.3) is 0 Å². The number of nitrogens with one attached hydrogen (secondary N) is 1. The van der Waals surface area contributed by atoms with E-state index in [1.54, 1.807) is 7.11 Å². The van der Waals surface area contributed by atoms with Crippen LogP contribution in [0.2, 0.25) is 0 Å². The Bertz CT molecular complexity index is 373. The molecule has 2 heteroatoms. The Morgan fingerprint density at radius 3 is 2.53 bits per heavy atom. The van der Waals surface area contributed by atoms with E-state index in [2.05, 4.69) is 50.4 Å². The van der Waals surface area contributed by atoms with Crippen molar-refractivity contribution in [2.24, 2.45) is 5.92 Å². The van der Waals surface area contributed by atoms with Crippen molar-refractivity contribution in [2.45, 2.75) is 45.6 Å². The Labute approximate surface area is 118 Å². The van der Waals surface area contributed by atoms with E-state index in [4.69, 9.17) is 4.74 Å². The van der Waals surface area contributed by atoms with Crippen LogP contribution in [0.1, 0.15) is 37.8 Å². The summed E-state index contributed by atoms with van der Waals surface area (Å²) in [5.74, 6) is 0.667. The molecule has 1 atom stereocenters. The average Bonchev–Trinajstić information content (AvgIpc) is 2.39. The van der Waals surface area contributed by atoms with Crippen LogP contribution in [-0.4, -0.2) is 26.3 Å². The Kier molecular flexibility index (Phi) is 6.53. The molecule has 0 saturated carbocycles. The molecule has 0 aliphatic carbocycles. The van der Waals surface area contributed by atoms with Gasteiger partial charge in [0.15, 0.2) is 0 Å². The SMILES string of the molecule is CNCC(CCC(C)(C)OC)Cc1ccccc1C. The normalized spacial score (nSPS) is 13.5. The molecule has 19 heavy (non-hydrogen) atoms. The van der Waals surface area contributed by atoms with E-state index in [1.165, 1.54) is 17.5 Å². The van der Waals surface area contributed by atoms with E-state index in [1.807, 2.05) is 7.05 Å². The maximum absolute atomic E-state index is 5.52. The van der Waals surface area contributed by atoms with Gasteiger partial charge in [-0.2, -0.15) is 0 Å². The summed E-state index contributed by atoms with van der Waals surface area (Å²) in [6.45, 7) is 7.59. The van der Waals surface area contributed by atoms with Gasteiger partial charge < -0.3 is 10.1 Å². The monoisotopic (exact) mass is 263 g/mol. The number of benzene rings is 1. The molecule has 2 nitrogen and oxygen atoms in total. The minimum absolute atomic E-state index is 0.0161. The molecule has 0 aromatic heterocycles. The number of hydrogen-bond acceptors (Lipinski definition) is 2. The topological polar surface area (TPSA) is 21.3 Å². The van der Waals surface area contributed by atoms with Gasteiger partial charge in [-0.25, -0.2) is 0 Å². The highest BCUT2D eigenvalue weighted by atomic mass is 16.5.